The van der Waals surface area contributed by atoms with Crippen LogP contribution in [0, 0.1) is 39.8 Å². The molecule has 0 spiro atoms. The van der Waals surface area contributed by atoms with Crippen LogP contribution in [0.25, 0.3) is 0 Å². The standard InChI is InChI=1S/C29H38BFO7S/c1-6-27(4)13-21(28(5)16(2)9-11-29(17(3)26(27)34)12-10-19(32)25(28)29)38-22(33)15-39(36)20-8-7-18-14-37-30(35)23(18)24(20)31/h6-8,16-17,21,25-26,34-35H,1,9-15H2,2-5H3/t16-,17+,21-,25+,26+,27-,28+,29+,39?/m1/s1. The molecule has 9 atom stereocenters. The zero-order valence-electron chi connectivity index (χ0n) is 23.1. The number of ketones is 1. The molecule has 3 aliphatic carbocycles. The fourth-order valence-electron chi connectivity index (χ4n) is 8.31. The molecule has 4 aliphatic rings. The van der Waals surface area contributed by atoms with Crippen molar-refractivity contribution in [3.63, 3.8) is 0 Å². The van der Waals surface area contributed by atoms with Gasteiger partial charge in [0.25, 0.3) is 0 Å². The van der Waals surface area contributed by atoms with E-state index in [0.29, 0.717) is 18.4 Å². The lowest BCUT2D eigenvalue weighted by Crippen LogP contribution is -2.63. The van der Waals surface area contributed by atoms with Crippen molar-refractivity contribution in [1.82, 2.24) is 0 Å². The van der Waals surface area contributed by atoms with E-state index in [0.717, 1.165) is 12.8 Å². The van der Waals surface area contributed by atoms with Crippen molar-refractivity contribution in [2.45, 2.75) is 83.5 Å². The van der Waals surface area contributed by atoms with E-state index < -0.39 is 64.3 Å². The van der Waals surface area contributed by atoms with Gasteiger partial charge >= 0.3 is 13.1 Å². The highest BCUT2D eigenvalue weighted by atomic mass is 32.2. The van der Waals surface area contributed by atoms with Gasteiger partial charge in [0.1, 0.15) is 11.9 Å². The summed E-state index contributed by atoms with van der Waals surface area (Å²) in [7, 11) is -1.44. The molecule has 10 heteroatoms. The molecule has 0 aromatic heterocycles. The summed E-state index contributed by atoms with van der Waals surface area (Å²) in [5.74, 6) is -2.49. The van der Waals surface area contributed by atoms with Gasteiger partial charge in [0.05, 0.1) is 12.7 Å². The highest BCUT2D eigenvalue weighted by Crippen LogP contribution is 2.68. The lowest BCUT2D eigenvalue weighted by Gasteiger charge is -2.61. The maximum Gasteiger partial charge on any atom is 0.494 e. The van der Waals surface area contributed by atoms with Gasteiger partial charge < -0.3 is 24.1 Å². The normalized spacial score (nSPS) is 40.4. The number of ether oxygens (including phenoxy) is 1. The van der Waals surface area contributed by atoms with Crippen LogP contribution in [0.2, 0.25) is 0 Å². The minimum absolute atomic E-state index is 0.0503. The highest BCUT2D eigenvalue weighted by molar-refractivity contribution is 7.92. The fraction of sp³-hybridized carbons (Fsp3) is 0.655. The molecule has 0 amide bonds. The van der Waals surface area contributed by atoms with Crippen LogP contribution in [-0.4, -0.2) is 51.5 Å². The van der Waals surface area contributed by atoms with Gasteiger partial charge in [0, 0.05) is 28.6 Å². The van der Waals surface area contributed by atoms with E-state index in [1.807, 2.05) is 20.8 Å². The Labute approximate surface area is 232 Å². The largest absolute Gasteiger partial charge is 0.611 e. The molecule has 2 N–H and O–H groups in total. The number of hydrogen-bond acceptors (Lipinski definition) is 7. The number of Topliss-reactive ketones (excluding diaryl/α,β-unsaturated/α-hetero) is 1. The van der Waals surface area contributed by atoms with Gasteiger partial charge in [-0.2, -0.15) is 0 Å². The lowest BCUT2D eigenvalue weighted by atomic mass is 9.44. The Hall–Kier alpha value is -1.72. The van der Waals surface area contributed by atoms with Crippen LogP contribution in [0.15, 0.2) is 29.7 Å². The summed E-state index contributed by atoms with van der Waals surface area (Å²) in [6.45, 7) is 12.1. The summed E-state index contributed by atoms with van der Waals surface area (Å²) < 4.78 is 39.5. The number of rotatable bonds is 5. The zero-order valence-corrected chi connectivity index (χ0v) is 23.9. The summed E-state index contributed by atoms with van der Waals surface area (Å²) >= 11 is -2.07. The SMILES string of the molecule is C=C[C@]1(C)C[C@@H](OC(=O)C[S+]([O-])c2ccc3c(c2F)B(O)OC3)[C@]2(C)[C@H](C)CC[C@]3(CCC(=O)[C@H]32)[C@@H](C)[C@@H]1O. The van der Waals surface area contributed by atoms with Crippen molar-refractivity contribution in [1.29, 1.82) is 0 Å². The summed E-state index contributed by atoms with van der Waals surface area (Å²) in [6.07, 6.45) is 3.25. The maximum atomic E-state index is 15.1. The van der Waals surface area contributed by atoms with E-state index >= 15 is 4.39 Å². The van der Waals surface area contributed by atoms with Gasteiger partial charge in [-0.15, -0.1) is 6.58 Å². The number of hydrogen-bond donors (Lipinski definition) is 2. The molecule has 1 aliphatic heterocycles. The minimum Gasteiger partial charge on any atom is -0.611 e. The van der Waals surface area contributed by atoms with Gasteiger partial charge in [-0.25, -0.2) is 9.18 Å². The van der Waals surface area contributed by atoms with Gasteiger partial charge in [-0.1, -0.05) is 39.8 Å². The van der Waals surface area contributed by atoms with Crippen molar-refractivity contribution >= 4 is 35.5 Å². The zero-order chi connectivity index (χ0) is 28.5. The predicted molar refractivity (Wildman–Crippen MR) is 145 cm³/mol. The number of carbonyl (C=O) groups is 2. The highest BCUT2D eigenvalue weighted by Gasteiger charge is 2.68. The van der Waals surface area contributed by atoms with E-state index in [2.05, 4.69) is 13.5 Å². The first kappa shape index (κ1) is 28.8. The molecule has 0 saturated heterocycles. The molecule has 3 saturated carbocycles. The third-order valence-corrected chi connectivity index (χ3v) is 12.3. The smallest absolute Gasteiger partial charge is 0.494 e. The molecule has 1 aromatic carbocycles. The van der Waals surface area contributed by atoms with Crippen LogP contribution in [0.3, 0.4) is 0 Å². The summed E-state index contributed by atoms with van der Waals surface area (Å²) in [6, 6.07) is 2.88. The maximum absolute atomic E-state index is 15.1. The van der Waals surface area contributed by atoms with Gasteiger partial charge in [0.15, 0.2) is 10.7 Å². The minimum atomic E-state index is -2.07. The van der Waals surface area contributed by atoms with Crippen LogP contribution >= 0.6 is 0 Å². The van der Waals surface area contributed by atoms with E-state index in [-0.39, 0.29) is 46.9 Å². The Bertz CT molecular complexity index is 1200. The van der Waals surface area contributed by atoms with Gasteiger partial charge in [0.2, 0.25) is 5.75 Å². The van der Waals surface area contributed by atoms with E-state index in [1.54, 1.807) is 6.08 Å². The predicted octanol–water partition coefficient (Wildman–Crippen LogP) is 3.06. The average Bonchev–Trinajstić information content (AvgIpc) is 3.45. The molecule has 5 rings (SSSR count). The first-order valence-corrected chi connectivity index (χ1v) is 15.1. The van der Waals surface area contributed by atoms with Crippen molar-refractivity contribution in [3.8, 4) is 0 Å². The Morgan fingerprint density at radius 2 is 2.08 bits per heavy atom. The molecule has 212 valence electrons. The molecule has 1 unspecified atom stereocenters. The second kappa shape index (κ2) is 9.98. The Morgan fingerprint density at radius 3 is 2.77 bits per heavy atom. The average molecular weight is 560 g/mol. The summed E-state index contributed by atoms with van der Waals surface area (Å²) in [5, 5.41) is 21.6. The topological polar surface area (TPSA) is 116 Å². The number of aliphatic hydroxyl groups is 1. The number of aliphatic hydroxyl groups excluding tert-OH is 1. The number of fused-ring (bicyclic) bond motifs is 1. The van der Waals surface area contributed by atoms with E-state index in [4.69, 9.17) is 9.39 Å². The first-order chi connectivity index (χ1) is 18.3. The summed E-state index contributed by atoms with van der Waals surface area (Å²) in [5.41, 5.74) is -1.46. The molecule has 1 aromatic rings. The Kier molecular flexibility index (Phi) is 7.37. The molecular formula is C29H38BFO7S. The van der Waals surface area contributed by atoms with Gasteiger partial charge in [-0.3, -0.25) is 4.79 Å². The Morgan fingerprint density at radius 1 is 1.36 bits per heavy atom. The number of benzene rings is 1. The van der Waals surface area contributed by atoms with E-state index in [1.165, 1.54) is 12.1 Å². The van der Waals surface area contributed by atoms with Crippen LogP contribution in [-0.2, 0) is 36.8 Å². The van der Waals surface area contributed by atoms with Crippen molar-refractivity contribution in [3.05, 3.63) is 36.2 Å². The summed E-state index contributed by atoms with van der Waals surface area (Å²) in [4.78, 5) is 26.6. The van der Waals surface area contributed by atoms with Crippen molar-refractivity contribution in [2.24, 2.45) is 34.0 Å². The molecular weight excluding hydrogens is 522 g/mol. The second-order valence-corrected chi connectivity index (χ2v) is 14.1. The molecule has 0 radical (unpaired) electrons. The monoisotopic (exact) mass is 560 g/mol. The third-order valence-electron chi connectivity index (χ3n) is 10.9. The molecule has 1 heterocycles. The molecule has 2 bridgehead atoms. The van der Waals surface area contributed by atoms with Crippen molar-refractivity contribution < 1.29 is 38.1 Å². The lowest BCUT2D eigenvalue weighted by molar-refractivity contribution is -0.205. The van der Waals surface area contributed by atoms with Crippen LogP contribution < -0.4 is 5.46 Å². The van der Waals surface area contributed by atoms with Gasteiger partial charge in [-0.05, 0) is 65.7 Å². The molecule has 39 heavy (non-hydrogen) atoms. The quantitative estimate of drug-likeness (QED) is 0.246. The van der Waals surface area contributed by atoms with Crippen molar-refractivity contribution in [2.75, 3.05) is 5.75 Å². The fourth-order valence-corrected chi connectivity index (χ4v) is 9.28. The molecule has 3 fully saturated rings. The Balaban J connectivity index is 1.47. The van der Waals surface area contributed by atoms with E-state index in [9.17, 15) is 24.3 Å². The number of halogens is 1. The van der Waals surface area contributed by atoms with Crippen LogP contribution in [0.5, 0.6) is 0 Å². The third kappa shape index (κ3) is 4.24. The number of esters is 1. The first-order valence-electron chi connectivity index (χ1n) is 13.8. The second-order valence-electron chi connectivity index (χ2n) is 12.7. The number of carbonyl (C=O) groups excluding carboxylic acids is 2. The molecule has 7 nitrogen and oxygen atoms in total. The van der Waals surface area contributed by atoms with Crippen LogP contribution in [0.1, 0.15) is 65.4 Å². The van der Waals surface area contributed by atoms with Crippen LogP contribution in [0.4, 0.5) is 4.39 Å².